The number of pyridine rings is 1. The molecule has 1 fully saturated rings. The van der Waals surface area contributed by atoms with E-state index < -0.39 is 66.9 Å². The Morgan fingerprint density at radius 2 is 1.71 bits per heavy atom. The highest BCUT2D eigenvalue weighted by molar-refractivity contribution is 6.76. The average molecular weight is 738 g/mol. The van der Waals surface area contributed by atoms with E-state index in [0.29, 0.717) is 49.4 Å². The summed E-state index contributed by atoms with van der Waals surface area (Å²) in [5.41, 5.74) is -5.28. The first-order valence-corrected chi connectivity index (χ1v) is 19.7. The highest BCUT2D eigenvalue weighted by atomic mass is 28.3. The van der Waals surface area contributed by atoms with E-state index in [2.05, 4.69) is 40.0 Å². The van der Waals surface area contributed by atoms with Crippen LogP contribution in [0, 0.1) is 23.1 Å². The lowest BCUT2D eigenvalue weighted by Gasteiger charge is -2.31. The van der Waals surface area contributed by atoms with Gasteiger partial charge in [-0.2, -0.15) is 36.7 Å². The largest absolute Gasteiger partial charge is 0.423 e. The van der Waals surface area contributed by atoms with Crippen LogP contribution in [0.2, 0.25) is 25.7 Å². The van der Waals surface area contributed by atoms with E-state index in [9.17, 15) is 41.2 Å². The number of benzene rings is 1. The van der Waals surface area contributed by atoms with Crippen molar-refractivity contribution in [2.45, 2.75) is 83.0 Å². The van der Waals surface area contributed by atoms with E-state index in [1.807, 2.05) is 6.07 Å². The Morgan fingerprint density at radius 1 is 1.00 bits per heavy atom. The molecule has 1 aliphatic carbocycles. The monoisotopic (exact) mass is 737 g/mol. The molecule has 1 aliphatic rings. The van der Waals surface area contributed by atoms with Crippen LogP contribution in [-0.4, -0.2) is 45.0 Å². The van der Waals surface area contributed by atoms with Gasteiger partial charge in [-0.25, -0.2) is 19.0 Å². The van der Waals surface area contributed by atoms with Crippen LogP contribution in [0.5, 0.6) is 0 Å². The van der Waals surface area contributed by atoms with Gasteiger partial charge >= 0.3 is 12.4 Å². The summed E-state index contributed by atoms with van der Waals surface area (Å²) in [7, 11) is -1.46. The molecular formula is C33H34F7N7O3Si. The molecule has 2 atom stereocenters. The lowest BCUT2D eigenvalue weighted by molar-refractivity contribution is -0.139. The van der Waals surface area contributed by atoms with E-state index in [-0.39, 0.29) is 40.2 Å². The van der Waals surface area contributed by atoms with Crippen molar-refractivity contribution >= 4 is 24.5 Å². The number of aromatic nitrogens is 5. The van der Waals surface area contributed by atoms with Crippen molar-refractivity contribution in [1.82, 2.24) is 24.3 Å². The van der Waals surface area contributed by atoms with Crippen LogP contribution in [0.4, 0.5) is 36.4 Å². The Labute approximate surface area is 287 Å². The Balaban J connectivity index is 1.35. The van der Waals surface area contributed by atoms with Gasteiger partial charge in [0.05, 0.1) is 34.0 Å². The molecule has 10 nitrogen and oxygen atoms in total. The first-order valence-electron chi connectivity index (χ1n) is 16.0. The fourth-order valence-corrected chi connectivity index (χ4v) is 6.76. The van der Waals surface area contributed by atoms with Gasteiger partial charge in [-0.15, -0.1) is 0 Å². The zero-order valence-corrected chi connectivity index (χ0v) is 28.8. The standard InChI is InChI=1S/C33H34F7N7O3Si/c1-51(2,3)8-7-50-18-47-31(49)28(33(38,39)40)27(15-44-47)45-22-6-4-5-19(9-22)16-46-17-20(12-41)23-10-25(26(34)11-24(23)30(46)48)29-42-13-21(14-43-29)32(35,36)37/h10-11,13-15,17,19,22,45H,4-9,16,18H2,1-3H3/t19-,22+/m1/s1. The summed E-state index contributed by atoms with van der Waals surface area (Å²) in [6.07, 6.45) is -4.46. The Bertz CT molecular complexity index is 2070. The summed E-state index contributed by atoms with van der Waals surface area (Å²) in [5, 5.41) is 16.5. The molecule has 1 aromatic carbocycles. The number of nitrogens with one attached hydrogen (secondary N) is 1. The molecule has 1 N–H and O–H groups in total. The first-order chi connectivity index (χ1) is 23.9. The fraction of sp³-hybridized carbons (Fsp3) is 0.455. The van der Waals surface area contributed by atoms with E-state index >= 15 is 4.39 Å². The molecule has 0 bridgehead atoms. The highest BCUT2D eigenvalue weighted by Crippen LogP contribution is 2.35. The number of fused-ring (bicyclic) bond motifs is 1. The maximum Gasteiger partial charge on any atom is 0.423 e. The number of ether oxygens (including phenoxy) is 1. The number of anilines is 1. The van der Waals surface area contributed by atoms with Gasteiger partial charge in [0.15, 0.2) is 5.82 Å². The molecule has 272 valence electrons. The quantitative estimate of drug-likeness (QED) is 0.104. The van der Waals surface area contributed by atoms with Crippen molar-refractivity contribution in [2.75, 3.05) is 11.9 Å². The summed E-state index contributed by atoms with van der Waals surface area (Å²) in [5.74, 6) is -1.61. The van der Waals surface area contributed by atoms with Gasteiger partial charge < -0.3 is 14.6 Å². The van der Waals surface area contributed by atoms with Crippen molar-refractivity contribution in [3.05, 3.63) is 80.1 Å². The Morgan fingerprint density at radius 3 is 2.33 bits per heavy atom. The molecule has 4 aromatic rings. The zero-order chi connectivity index (χ0) is 37.3. The number of alkyl halides is 6. The van der Waals surface area contributed by atoms with Gasteiger partial charge in [-0.05, 0) is 43.4 Å². The predicted molar refractivity (Wildman–Crippen MR) is 176 cm³/mol. The van der Waals surface area contributed by atoms with E-state index in [0.717, 1.165) is 24.4 Å². The minimum absolute atomic E-state index is 0.0193. The molecule has 0 saturated heterocycles. The summed E-state index contributed by atoms with van der Waals surface area (Å²) in [4.78, 5) is 33.6. The van der Waals surface area contributed by atoms with Gasteiger partial charge in [-0.1, -0.05) is 26.1 Å². The van der Waals surface area contributed by atoms with Crippen LogP contribution in [0.1, 0.15) is 42.4 Å². The number of rotatable bonds is 10. The number of hydrogen-bond donors (Lipinski definition) is 1. The number of hydrogen-bond acceptors (Lipinski definition) is 8. The summed E-state index contributed by atoms with van der Waals surface area (Å²) in [6, 6.07) is 4.23. The van der Waals surface area contributed by atoms with Crippen LogP contribution in [0.25, 0.3) is 22.2 Å². The minimum atomic E-state index is -4.98. The molecular weight excluding hydrogens is 703 g/mol. The van der Waals surface area contributed by atoms with Gasteiger partial charge in [0.1, 0.15) is 24.2 Å². The van der Waals surface area contributed by atoms with E-state index in [1.54, 1.807) is 0 Å². The number of halogens is 7. The van der Waals surface area contributed by atoms with Gasteiger partial charge in [0, 0.05) is 51.2 Å². The summed E-state index contributed by atoms with van der Waals surface area (Å²) < 4.78 is 104. The average Bonchev–Trinajstić information content (AvgIpc) is 3.04. The molecule has 0 amide bonds. The molecule has 18 heteroatoms. The van der Waals surface area contributed by atoms with Crippen LogP contribution in [-0.2, 0) is 30.4 Å². The van der Waals surface area contributed by atoms with Crippen LogP contribution >= 0.6 is 0 Å². The van der Waals surface area contributed by atoms with Crippen LogP contribution in [0.3, 0.4) is 0 Å². The molecule has 3 heterocycles. The van der Waals surface area contributed by atoms with Crippen molar-refractivity contribution in [2.24, 2.45) is 5.92 Å². The second kappa shape index (κ2) is 14.5. The van der Waals surface area contributed by atoms with E-state index in [4.69, 9.17) is 4.74 Å². The molecule has 3 aromatic heterocycles. The van der Waals surface area contributed by atoms with Gasteiger partial charge in [0.25, 0.3) is 11.1 Å². The number of nitriles is 1. The second-order valence-corrected chi connectivity index (χ2v) is 19.4. The first kappa shape index (κ1) is 37.6. The lowest BCUT2D eigenvalue weighted by Crippen LogP contribution is -2.36. The van der Waals surface area contributed by atoms with Crippen molar-refractivity contribution in [3.63, 3.8) is 0 Å². The summed E-state index contributed by atoms with van der Waals surface area (Å²) >= 11 is 0. The van der Waals surface area contributed by atoms with Crippen LogP contribution < -0.4 is 16.4 Å². The fourth-order valence-electron chi connectivity index (χ4n) is 6.00. The van der Waals surface area contributed by atoms with Crippen molar-refractivity contribution in [3.8, 4) is 17.5 Å². The third-order valence-corrected chi connectivity index (χ3v) is 10.4. The highest BCUT2D eigenvalue weighted by Gasteiger charge is 2.39. The maximum atomic E-state index is 15.2. The van der Waals surface area contributed by atoms with Crippen molar-refractivity contribution in [1.29, 1.82) is 5.26 Å². The van der Waals surface area contributed by atoms with Crippen LogP contribution in [0.15, 0.2) is 46.5 Å². The van der Waals surface area contributed by atoms with Gasteiger partial charge in [0.2, 0.25) is 0 Å². The summed E-state index contributed by atoms with van der Waals surface area (Å²) in [6.45, 7) is 6.29. The minimum Gasteiger partial charge on any atom is -0.380 e. The SMILES string of the molecule is C[Si](C)(C)CCOCn1ncc(N[C@H]2CCC[C@@H](Cn3cc(C#N)c4cc(-c5ncc(C(F)(F)F)cn5)c(F)cc4c3=O)C2)c(C(F)(F)F)c1=O. The Hall–Kier alpha value is -4.63. The zero-order valence-electron chi connectivity index (χ0n) is 27.8. The second-order valence-electron chi connectivity index (χ2n) is 13.7. The third-order valence-electron chi connectivity index (χ3n) is 8.65. The Kier molecular flexibility index (Phi) is 10.7. The normalized spacial score (nSPS) is 17.0. The maximum absolute atomic E-state index is 15.2. The molecule has 1 saturated carbocycles. The third kappa shape index (κ3) is 8.82. The topological polar surface area (TPSA) is 128 Å². The van der Waals surface area contributed by atoms with Gasteiger partial charge in [-0.3, -0.25) is 9.59 Å². The molecule has 51 heavy (non-hydrogen) atoms. The molecule has 0 radical (unpaired) electrons. The number of nitrogens with zero attached hydrogens (tertiary/aromatic N) is 6. The molecule has 0 spiro atoms. The molecule has 5 rings (SSSR count). The predicted octanol–water partition coefficient (Wildman–Crippen LogP) is 7.05. The van der Waals surface area contributed by atoms with E-state index in [1.165, 1.54) is 10.8 Å². The smallest absolute Gasteiger partial charge is 0.380 e. The molecule has 0 unspecified atom stereocenters. The molecule has 0 aliphatic heterocycles. The van der Waals surface area contributed by atoms with Crippen molar-refractivity contribution < 1.29 is 35.5 Å². The lowest BCUT2D eigenvalue weighted by atomic mass is 9.85.